The zero-order valence-corrected chi connectivity index (χ0v) is 20.6. The zero-order valence-electron chi connectivity index (χ0n) is 20.6. The smallest absolute Gasteiger partial charge is 0.255 e. The third-order valence-electron chi connectivity index (χ3n) is 6.01. The van der Waals surface area contributed by atoms with Crippen molar-refractivity contribution in [2.45, 2.75) is 34.1 Å². The number of morpholine rings is 1. The number of nitrogens with one attached hydrogen (secondary N) is 1. The van der Waals surface area contributed by atoms with E-state index >= 15 is 0 Å². The summed E-state index contributed by atoms with van der Waals surface area (Å²) in [6.07, 6.45) is 5.09. The van der Waals surface area contributed by atoms with Crippen LogP contribution >= 0.6 is 0 Å². The lowest BCUT2D eigenvalue weighted by Crippen LogP contribution is -2.40. The normalized spacial score (nSPS) is 15.6. The van der Waals surface area contributed by atoms with Crippen LogP contribution in [0.15, 0.2) is 65.2 Å². The van der Waals surface area contributed by atoms with Crippen LogP contribution in [0, 0.1) is 11.8 Å². The van der Waals surface area contributed by atoms with Gasteiger partial charge in [0.05, 0.1) is 18.9 Å². The molecule has 0 bridgehead atoms. The lowest BCUT2D eigenvalue weighted by atomic mass is 9.92. The summed E-state index contributed by atoms with van der Waals surface area (Å²) in [5.41, 5.74) is 3.85. The van der Waals surface area contributed by atoms with Gasteiger partial charge in [0.2, 0.25) is 0 Å². The number of hydrogen-bond acceptors (Lipinski definition) is 4. The quantitative estimate of drug-likeness (QED) is 0.402. The number of aliphatic imine (C=N–C) groups is 1. The summed E-state index contributed by atoms with van der Waals surface area (Å²) in [5.74, 6) is 0.749. The van der Waals surface area contributed by atoms with Gasteiger partial charge in [-0.2, -0.15) is 0 Å². The highest BCUT2D eigenvalue weighted by atomic mass is 16.5. The van der Waals surface area contributed by atoms with Gasteiger partial charge in [-0.3, -0.25) is 14.6 Å². The third-order valence-corrected chi connectivity index (χ3v) is 6.01. The van der Waals surface area contributed by atoms with E-state index in [1.165, 1.54) is 5.57 Å². The van der Waals surface area contributed by atoms with E-state index in [0.29, 0.717) is 55.0 Å². The first-order valence-electron chi connectivity index (χ1n) is 11.9. The second kappa shape index (κ2) is 12.3. The van der Waals surface area contributed by atoms with Crippen LogP contribution in [-0.2, 0) is 4.74 Å². The van der Waals surface area contributed by atoms with Crippen LogP contribution in [0.5, 0.6) is 0 Å². The molecule has 1 saturated heterocycles. The average Bonchev–Trinajstić information content (AvgIpc) is 2.84. The van der Waals surface area contributed by atoms with Crippen molar-refractivity contribution in [2.75, 3.05) is 31.6 Å². The highest BCUT2D eigenvalue weighted by molar-refractivity contribution is 6.05. The first-order valence-corrected chi connectivity index (χ1v) is 11.9. The maximum atomic E-state index is 12.7. The molecule has 6 heteroatoms. The van der Waals surface area contributed by atoms with Gasteiger partial charge in [-0.05, 0) is 74.6 Å². The van der Waals surface area contributed by atoms with Crippen molar-refractivity contribution in [1.82, 2.24) is 4.90 Å². The Labute approximate surface area is 202 Å². The molecule has 0 aromatic heterocycles. The van der Waals surface area contributed by atoms with Gasteiger partial charge >= 0.3 is 0 Å². The van der Waals surface area contributed by atoms with Gasteiger partial charge in [0.25, 0.3) is 11.8 Å². The summed E-state index contributed by atoms with van der Waals surface area (Å²) in [5, 5.41) is 2.90. The molecule has 0 radical (unpaired) electrons. The topological polar surface area (TPSA) is 71.0 Å². The molecule has 2 aromatic rings. The number of allylic oxidation sites excluding steroid dienone is 2. The zero-order chi connectivity index (χ0) is 24.5. The van der Waals surface area contributed by atoms with E-state index in [4.69, 9.17) is 4.74 Å². The number of carbonyl (C=O) groups excluding carboxylic acids is 2. The predicted octanol–water partition coefficient (Wildman–Crippen LogP) is 5.74. The van der Waals surface area contributed by atoms with Gasteiger partial charge in [-0.15, -0.1) is 0 Å². The van der Waals surface area contributed by atoms with Crippen molar-refractivity contribution in [3.05, 3.63) is 71.3 Å². The Morgan fingerprint density at radius 2 is 1.76 bits per heavy atom. The van der Waals surface area contributed by atoms with E-state index in [0.717, 1.165) is 12.1 Å². The summed E-state index contributed by atoms with van der Waals surface area (Å²) in [7, 11) is 0. The number of anilines is 1. The van der Waals surface area contributed by atoms with Gasteiger partial charge < -0.3 is 15.0 Å². The van der Waals surface area contributed by atoms with E-state index in [1.54, 1.807) is 41.3 Å². The SMILES string of the molecule is CC(C)=CC(C)C(C)CC=Nc1cccc(C(=O)Nc2ccc(C(=O)N3CCOCC3)cc2)c1. The number of nitrogens with zero attached hydrogens (tertiary/aromatic N) is 2. The van der Waals surface area contributed by atoms with Crippen LogP contribution < -0.4 is 5.32 Å². The molecule has 1 aliphatic rings. The Morgan fingerprint density at radius 3 is 2.44 bits per heavy atom. The number of benzene rings is 2. The molecule has 34 heavy (non-hydrogen) atoms. The number of carbonyl (C=O) groups is 2. The van der Waals surface area contributed by atoms with E-state index in [9.17, 15) is 9.59 Å². The molecule has 0 spiro atoms. The summed E-state index contributed by atoms with van der Waals surface area (Å²) in [6.45, 7) is 11.0. The molecule has 2 amide bonds. The Bertz CT molecular complexity index is 1030. The van der Waals surface area contributed by atoms with Crippen LogP contribution in [0.25, 0.3) is 0 Å². The number of amides is 2. The number of hydrogen-bond donors (Lipinski definition) is 1. The van der Waals surface area contributed by atoms with Crippen molar-refractivity contribution in [3.8, 4) is 0 Å². The van der Waals surface area contributed by atoms with Gasteiger partial charge in [0.1, 0.15) is 0 Å². The van der Waals surface area contributed by atoms with Crippen molar-refractivity contribution in [3.63, 3.8) is 0 Å². The summed E-state index contributed by atoms with van der Waals surface area (Å²) >= 11 is 0. The van der Waals surface area contributed by atoms with Crippen molar-refractivity contribution >= 4 is 29.4 Å². The molecule has 0 saturated carbocycles. The molecule has 2 aromatic carbocycles. The average molecular weight is 462 g/mol. The Balaban J connectivity index is 1.57. The van der Waals surface area contributed by atoms with Crippen LogP contribution in [0.1, 0.15) is 54.8 Å². The van der Waals surface area contributed by atoms with E-state index < -0.39 is 0 Å². The first-order chi connectivity index (χ1) is 16.3. The third kappa shape index (κ3) is 7.39. The van der Waals surface area contributed by atoms with E-state index in [-0.39, 0.29) is 11.8 Å². The summed E-state index contributed by atoms with van der Waals surface area (Å²) in [4.78, 5) is 31.7. The largest absolute Gasteiger partial charge is 0.378 e. The van der Waals surface area contributed by atoms with Gasteiger partial charge in [-0.1, -0.05) is 31.6 Å². The van der Waals surface area contributed by atoms with Crippen molar-refractivity contribution < 1.29 is 14.3 Å². The fourth-order valence-electron chi connectivity index (χ4n) is 3.80. The summed E-state index contributed by atoms with van der Waals surface area (Å²) < 4.78 is 5.30. The molecule has 0 aliphatic carbocycles. The second-order valence-electron chi connectivity index (χ2n) is 9.11. The number of rotatable bonds is 8. The minimum Gasteiger partial charge on any atom is -0.378 e. The van der Waals surface area contributed by atoms with Gasteiger partial charge in [0.15, 0.2) is 0 Å². The molecule has 1 heterocycles. The van der Waals surface area contributed by atoms with Crippen LogP contribution in [0.3, 0.4) is 0 Å². The van der Waals surface area contributed by atoms with Crippen LogP contribution in [0.2, 0.25) is 0 Å². The molecule has 180 valence electrons. The lowest BCUT2D eigenvalue weighted by Gasteiger charge is -2.26. The Hall–Kier alpha value is -3.25. The molecule has 1 aliphatic heterocycles. The van der Waals surface area contributed by atoms with Crippen molar-refractivity contribution in [1.29, 1.82) is 0 Å². The second-order valence-corrected chi connectivity index (χ2v) is 9.11. The van der Waals surface area contributed by atoms with Gasteiger partial charge in [-0.25, -0.2) is 0 Å². The van der Waals surface area contributed by atoms with Gasteiger partial charge in [0, 0.05) is 36.1 Å². The van der Waals surface area contributed by atoms with Crippen LogP contribution in [-0.4, -0.2) is 49.2 Å². The lowest BCUT2D eigenvalue weighted by molar-refractivity contribution is 0.0303. The monoisotopic (exact) mass is 461 g/mol. The fraction of sp³-hybridized carbons (Fsp3) is 0.393. The molecule has 1 N–H and O–H groups in total. The summed E-state index contributed by atoms with van der Waals surface area (Å²) in [6, 6.07) is 14.3. The number of ether oxygens (including phenoxy) is 1. The Morgan fingerprint density at radius 1 is 1.06 bits per heavy atom. The molecule has 2 unspecified atom stereocenters. The van der Waals surface area contributed by atoms with E-state index in [2.05, 4.69) is 44.1 Å². The first kappa shape index (κ1) is 25.4. The van der Waals surface area contributed by atoms with Crippen LogP contribution in [0.4, 0.5) is 11.4 Å². The molecular formula is C28H35N3O3. The molecule has 3 rings (SSSR count). The molecule has 2 atom stereocenters. The Kier molecular flexibility index (Phi) is 9.16. The minimum atomic E-state index is -0.213. The molecular weight excluding hydrogens is 426 g/mol. The molecule has 6 nitrogen and oxygen atoms in total. The maximum Gasteiger partial charge on any atom is 0.255 e. The van der Waals surface area contributed by atoms with E-state index in [1.807, 2.05) is 18.3 Å². The fourth-order valence-corrected chi connectivity index (χ4v) is 3.80. The minimum absolute atomic E-state index is 0.0173. The highest BCUT2D eigenvalue weighted by Gasteiger charge is 2.18. The standard InChI is InChI=1S/C28H35N3O3/c1-20(2)18-22(4)21(3)12-13-29-26-7-5-6-24(19-26)27(32)30-25-10-8-23(9-11-25)28(33)31-14-16-34-17-15-31/h5-11,13,18-19,21-22H,12,14-17H2,1-4H3,(H,30,32). The highest BCUT2D eigenvalue weighted by Crippen LogP contribution is 2.20. The predicted molar refractivity (Wildman–Crippen MR) is 138 cm³/mol. The molecule has 1 fully saturated rings. The maximum absolute atomic E-state index is 12.7. The van der Waals surface area contributed by atoms with Crippen molar-refractivity contribution in [2.24, 2.45) is 16.8 Å².